The fourth-order valence-electron chi connectivity index (χ4n) is 12.4. The maximum Gasteiger partial charge on any atom is 0.325 e. The van der Waals surface area contributed by atoms with Gasteiger partial charge in [0.1, 0.15) is 66.2 Å². The van der Waals surface area contributed by atoms with Crippen molar-refractivity contribution in [2.45, 2.75) is 172 Å². The molecule has 0 bridgehead atoms. The fraction of sp³-hybridized carbons (Fsp3) is 0.418. The minimum Gasteiger partial charge on any atom is -0.508 e. The maximum atomic E-state index is 15.1. The third-order valence-electron chi connectivity index (χ3n) is 18.0. The van der Waals surface area contributed by atoms with Crippen LogP contribution >= 0.6 is 0 Å². The Hall–Kier alpha value is -11.3. The largest absolute Gasteiger partial charge is 0.508 e. The predicted octanol–water partition coefficient (Wildman–Crippen LogP) is 2.39. The van der Waals surface area contributed by atoms with E-state index in [9.17, 15) is 53.7 Å². The van der Waals surface area contributed by atoms with Crippen LogP contribution in [-0.4, -0.2) is 184 Å². The second-order valence-corrected chi connectivity index (χ2v) is 28.1. The van der Waals surface area contributed by atoms with E-state index in [1.165, 1.54) is 43.0 Å². The SMILES string of the molecule is CC(=O)N[C@H](Cc1ccc2ccccc2c1)C(=O)N[C@H](Cc1ccccc1)C(=O)N[C@H](Cc1ccccc1)C(=O)N[C@@H](CO)C(=O)N[C@@H](Cc1ccc(O)cc1)C(=O)N[C@H](CCCN=C(N)N)C(=O)N[C@@H](Cc1ccccc1)C(=O)N[C@@H](CCCCNCC(C)(C)C)C(=O)N1CCC[C@@H]1C(=O)N[C@H](C)C(=O)O. The van der Waals surface area contributed by atoms with Gasteiger partial charge < -0.3 is 84.9 Å². The number of fused-ring (bicyclic) bond motifs is 1. The van der Waals surface area contributed by atoms with E-state index in [1.807, 2.05) is 42.5 Å². The van der Waals surface area contributed by atoms with E-state index in [0.29, 0.717) is 54.6 Å². The number of guanidine groups is 1. The van der Waals surface area contributed by atoms with Gasteiger partial charge in [0.15, 0.2) is 5.96 Å². The van der Waals surface area contributed by atoms with Crippen LogP contribution in [0.25, 0.3) is 10.8 Å². The average Bonchev–Trinajstić information content (AvgIpc) is 1.81. The molecule has 1 aliphatic heterocycles. The molecule has 10 atom stereocenters. The molecule has 1 fully saturated rings. The van der Waals surface area contributed by atoms with Crippen LogP contribution in [0.2, 0.25) is 0 Å². The number of carboxylic acids is 1. The molecule has 0 aromatic heterocycles. The highest BCUT2D eigenvalue weighted by atomic mass is 16.4. The van der Waals surface area contributed by atoms with E-state index < -0.39 is 132 Å². The van der Waals surface area contributed by atoms with Gasteiger partial charge in [0.2, 0.25) is 59.1 Å². The number of aromatic hydroxyl groups is 1. The molecular weight excluding hydrogens is 1370 g/mol. The first kappa shape index (κ1) is 83.0. The summed E-state index contributed by atoms with van der Waals surface area (Å²) in [5.74, 6) is -9.64. The van der Waals surface area contributed by atoms with Gasteiger partial charge in [-0.15, -0.1) is 0 Å². The van der Waals surface area contributed by atoms with Crippen molar-refractivity contribution in [1.82, 2.24) is 58.1 Å². The molecule has 28 heteroatoms. The van der Waals surface area contributed by atoms with Crippen molar-refractivity contribution in [2.24, 2.45) is 21.9 Å². The molecule has 0 saturated carbocycles. The summed E-state index contributed by atoms with van der Waals surface area (Å²) in [5.41, 5.74) is 14.2. The number of nitrogens with zero attached hydrogens (tertiary/aromatic N) is 2. The Labute approximate surface area is 623 Å². The Morgan fingerprint density at radius 1 is 0.495 bits per heavy atom. The molecule has 0 unspecified atom stereocenters. The lowest BCUT2D eigenvalue weighted by molar-refractivity contribution is -0.144. The summed E-state index contributed by atoms with van der Waals surface area (Å²) in [6, 6.07) is 31.1. The summed E-state index contributed by atoms with van der Waals surface area (Å²) in [6.07, 6.45) is 1.08. The van der Waals surface area contributed by atoms with Crippen molar-refractivity contribution >= 4 is 81.8 Å². The quantitative estimate of drug-likeness (QED) is 0.0149. The third kappa shape index (κ3) is 27.6. The standard InChI is InChI=1S/C79H102N14O14/c1-49(77(106)107)84-75(104)67-31-20-40-93(67)76(105)60(29-17-18-38-82-48-79(3,4)5)87-71(100)62(42-51-21-9-6-10-22-51)88-68(97)59(30-19-39-83-78(80)81)86-70(99)65(45-54-33-36-58(96)37-34-54)91-74(103)66(47-94)92-73(102)64(44-53-25-13-8-14-26-53)90-72(101)63(43-52-23-11-7-12-24-52)89-69(98)61(85-50(2)95)46-55-32-35-56-27-15-16-28-57(56)41-55/h6-16,21-28,32-37,41,49,59-67,82,94,96H,17-20,29-31,38-40,42-48H2,1-5H3,(H,84,104)(H,85,95)(H,86,99)(H,87,100)(H,88,97)(H,89,98)(H,90,101)(H,91,103)(H,92,102)(H,106,107)(H4,80,81,83)/t49-,59-,60+,61-,62+,63-,64-,65+,66+,67-/m1/s1. The Morgan fingerprint density at radius 3 is 1.38 bits per heavy atom. The monoisotopic (exact) mass is 1470 g/mol. The number of nitrogens with one attached hydrogen (secondary N) is 10. The summed E-state index contributed by atoms with van der Waals surface area (Å²) >= 11 is 0. The highest BCUT2D eigenvalue weighted by molar-refractivity contribution is 5.99. The van der Waals surface area contributed by atoms with Gasteiger partial charge in [-0.1, -0.05) is 166 Å². The zero-order chi connectivity index (χ0) is 77.6. The molecule has 572 valence electrons. The number of nitrogens with two attached hydrogens (primary N) is 2. The highest BCUT2D eigenvalue weighted by Gasteiger charge is 2.40. The first-order chi connectivity index (χ1) is 51.1. The lowest BCUT2D eigenvalue weighted by Gasteiger charge is -2.31. The number of hydrogen-bond donors (Lipinski definition) is 15. The molecule has 6 aromatic carbocycles. The van der Waals surface area contributed by atoms with E-state index in [4.69, 9.17) is 11.5 Å². The fourth-order valence-corrected chi connectivity index (χ4v) is 12.4. The molecule has 0 radical (unpaired) electrons. The van der Waals surface area contributed by atoms with Crippen LogP contribution < -0.4 is 64.6 Å². The molecular formula is C79H102N14O14. The van der Waals surface area contributed by atoms with Crippen molar-refractivity contribution in [3.8, 4) is 5.75 Å². The summed E-state index contributed by atoms with van der Waals surface area (Å²) < 4.78 is 0. The topological polar surface area (TPSA) is 436 Å². The number of rotatable bonds is 40. The normalized spacial score (nSPS) is 15.2. The predicted molar refractivity (Wildman–Crippen MR) is 404 cm³/mol. The second-order valence-electron chi connectivity index (χ2n) is 28.1. The van der Waals surface area contributed by atoms with Gasteiger partial charge in [-0.25, -0.2) is 0 Å². The number of amides is 10. The maximum absolute atomic E-state index is 15.1. The van der Waals surface area contributed by atoms with Gasteiger partial charge >= 0.3 is 5.97 Å². The Bertz CT molecular complexity index is 4010. The molecule has 1 saturated heterocycles. The van der Waals surface area contributed by atoms with E-state index in [0.717, 1.165) is 16.3 Å². The zero-order valence-corrected chi connectivity index (χ0v) is 61.2. The molecule has 0 spiro atoms. The van der Waals surface area contributed by atoms with E-state index in [1.54, 1.807) is 91.0 Å². The molecule has 28 nitrogen and oxygen atoms in total. The van der Waals surface area contributed by atoms with Crippen LogP contribution in [0.5, 0.6) is 5.75 Å². The second kappa shape index (κ2) is 41.4. The summed E-state index contributed by atoms with van der Waals surface area (Å²) in [7, 11) is 0. The van der Waals surface area contributed by atoms with Crippen molar-refractivity contribution in [3.63, 3.8) is 0 Å². The smallest absolute Gasteiger partial charge is 0.325 e. The number of aliphatic imine (C=N–C) groups is 1. The first-order valence-corrected chi connectivity index (χ1v) is 36.1. The lowest BCUT2D eigenvalue weighted by Crippen LogP contribution is -2.61. The molecule has 10 amide bonds. The van der Waals surface area contributed by atoms with Gasteiger partial charge in [-0.3, -0.25) is 57.7 Å². The van der Waals surface area contributed by atoms with Crippen molar-refractivity contribution in [2.75, 3.05) is 32.8 Å². The minimum atomic E-state index is -1.81. The number of carbonyl (C=O) groups is 11. The number of hydrogen-bond acceptors (Lipinski definition) is 15. The van der Waals surface area contributed by atoms with Crippen LogP contribution in [0.4, 0.5) is 0 Å². The number of aliphatic carboxylic acids is 1. The van der Waals surface area contributed by atoms with Crippen LogP contribution in [0.3, 0.4) is 0 Å². The number of likely N-dealkylation sites (tertiary alicyclic amines) is 1. The average molecular weight is 1470 g/mol. The van der Waals surface area contributed by atoms with Crippen LogP contribution in [0.1, 0.15) is 107 Å². The number of unbranched alkanes of at least 4 members (excludes halogenated alkanes) is 1. The zero-order valence-electron chi connectivity index (χ0n) is 61.2. The molecule has 17 N–H and O–H groups in total. The first-order valence-electron chi connectivity index (χ1n) is 36.1. The number of carboxylic acid groups (broad SMARTS) is 1. The summed E-state index contributed by atoms with van der Waals surface area (Å²) in [5, 5.41) is 60.4. The van der Waals surface area contributed by atoms with Gasteiger partial charge in [-0.05, 0) is 121 Å². The summed E-state index contributed by atoms with van der Waals surface area (Å²) in [4.78, 5) is 162. The number of aliphatic hydroxyl groups excluding tert-OH is 1. The number of phenols is 1. The number of carbonyl (C=O) groups excluding carboxylic acids is 10. The van der Waals surface area contributed by atoms with E-state index in [2.05, 4.69) is 78.9 Å². The van der Waals surface area contributed by atoms with Crippen LogP contribution in [-0.2, 0) is 84.8 Å². The molecule has 6 aromatic rings. The molecule has 0 aliphatic carbocycles. The molecule has 1 heterocycles. The third-order valence-corrected chi connectivity index (χ3v) is 18.0. The minimum absolute atomic E-state index is 0.0109. The van der Waals surface area contributed by atoms with Crippen molar-refractivity contribution in [3.05, 3.63) is 186 Å². The number of phenolic OH excluding ortho intramolecular Hbond substituents is 1. The van der Waals surface area contributed by atoms with Crippen molar-refractivity contribution < 1.29 is 68.1 Å². The Morgan fingerprint density at radius 2 is 0.907 bits per heavy atom. The van der Waals surface area contributed by atoms with Gasteiger partial charge in [0, 0.05) is 52.1 Å². The van der Waals surface area contributed by atoms with Crippen molar-refractivity contribution in [1.29, 1.82) is 0 Å². The Balaban J connectivity index is 1.14. The molecule has 107 heavy (non-hydrogen) atoms. The van der Waals surface area contributed by atoms with Crippen LogP contribution in [0.15, 0.2) is 163 Å². The highest BCUT2D eigenvalue weighted by Crippen LogP contribution is 2.23. The van der Waals surface area contributed by atoms with Gasteiger partial charge in [0.25, 0.3) is 0 Å². The van der Waals surface area contributed by atoms with Crippen LogP contribution in [0, 0.1) is 5.41 Å². The Kier molecular flexibility index (Phi) is 32.2. The van der Waals surface area contributed by atoms with E-state index in [-0.39, 0.29) is 88.0 Å². The lowest BCUT2D eigenvalue weighted by atomic mass is 9.97. The van der Waals surface area contributed by atoms with E-state index >= 15 is 14.4 Å². The van der Waals surface area contributed by atoms with Gasteiger partial charge in [-0.2, -0.15) is 0 Å². The number of aliphatic hydroxyl groups is 1. The number of benzene rings is 6. The summed E-state index contributed by atoms with van der Waals surface area (Å²) in [6.45, 7) is 9.20. The molecule has 7 rings (SSSR count). The van der Waals surface area contributed by atoms with Gasteiger partial charge in [0.05, 0.1) is 6.61 Å². The molecule has 1 aliphatic rings.